The second-order valence-electron chi connectivity index (χ2n) is 20.9. The number of aromatic amines is 2. The molecule has 67 heavy (non-hydrogen) atoms. The van der Waals surface area contributed by atoms with Gasteiger partial charge in [-0.05, 0) is 152 Å². The monoisotopic (exact) mass is 912 g/mol. The molecule has 4 fully saturated rings. The molecular weight excluding hydrogens is 851 g/mol. The molecule has 14 heteroatoms. The van der Waals surface area contributed by atoms with Gasteiger partial charge in [0.2, 0.25) is 0 Å². The van der Waals surface area contributed by atoms with Crippen molar-refractivity contribution in [3.63, 3.8) is 0 Å². The summed E-state index contributed by atoms with van der Waals surface area (Å²) in [4.78, 5) is 51.0. The molecule has 352 valence electrons. The van der Waals surface area contributed by atoms with E-state index >= 15 is 8.78 Å². The van der Waals surface area contributed by atoms with Crippen LogP contribution in [0.1, 0.15) is 151 Å². The molecule has 2 aromatic heterocycles. The average Bonchev–Trinajstić information content (AvgIpc) is 4.14. The standard InChI is InChI=1S/C53H62F2N8O4/c1-52(2,3)66-50(64)61-24-10-14-45(61)48-56-39-18-16-34(28-41(39)58-48)43-20-21-44(35-17-19-40-42(29-35)59-49(57-40)46-15-11-25-62(46)51(65)67-53(4,5)6)63(43)36-30-37(54)47(38(55)31-36)60-26-22-33(23-27-60)32-12-8-7-9-13-32/h7-9,12-13,16-19,28-31,33,43-46H,10-11,14-15,20-27H2,1-6H3,(H,56,58)(H,57,59)/t43?,44?,45-,46?/m0/s1. The summed E-state index contributed by atoms with van der Waals surface area (Å²) in [5, 5.41) is 0. The van der Waals surface area contributed by atoms with Crippen LogP contribution < -0.4 is 9.80 Å². The lowest BCUT2D eigenvalue weighted by atomic mass is 9.89. The first kappa shape index (κ1) is 44.6. The van der Waals surface area contributed by atoms with E-state index in [9.17, 15) is 9.59 Å². The van der Waals surface area contributed by atoms with Crippen LogP contribution in [0.25, 0.3) is 22.1 Å². The number of carbonyl (C=O) groups is 2. The number of hydrogen-bond donors (Lipinski definition) is 2. The summed E-state index contributed by atoms with van der Waals surface area (Å²) in [7, 11) is 0. The Morgan fingerprint density at radius 1 is 0.582 bits per heavy atom. The number of piperidine rings is 1. The predicted molar refractivity (Wildman–Crippen MR) is 256 cm³/mol. The van der Waals surface area contributed by atoms with E-state index in [2.05, 4.69) is 51.3 Å². The molecule has 0 bridgehead atoms. The van der Waals surface area contributed by atoms with E-state index in [4.69, 9.17) is 19.4 Å². The number of hydrogen-bond acceptors (Lipinski definition) is 8. The zero-order chi connectivity index (χ0) is 46.8. The van der Waals surface area contributed by atoms with Gasteiger partial charge in [-0.15, -0.1) is 0 Å². The minimum absolute atomic E-state index is 0.0278. The molecule has 12 nitrogen and oxygen atoms in total. The second kappa shape index (κ2) is 17.5. The summed E-state index contributed by atoms with van der Waals surface area (Å²) in [6.45, 7) is 13.5. The first-order valence-corrected chi connectivity index (χ1v) is 24.1. The van der Waals surface area contributed by atoms with Crippen LogP contribution >= 0.6 is 0 Å². The van der Waals surface area contributed by atoms with Gasteiger partial charge >= 0.3 is 12.2 Å². The van der Waals surface area contributed by atoms with Gasteiger partial charge in [0.15, 0.2) is 11.6 Å². The van der Waals surface area contributed by atoms with Gasteiger partial charge in [0.25, 0.3) is 0 Å². The summed E-state index contributed by atoms with van der Waals surface area (Å²) in [5.41, 5.74) is 5.73. The summed E-state index contributed by atoms with van der Waals surface area (Å²) in [6.07, 6.45) is 5.62. The van der Waals surface area contributed by atoms with Gasteiger partial charge in [0.05, 0.1) is 46.2 Å². The molecule has 0 saturated carbocycles. The van der Waals surface area contributed by atoms with E-state index in [-0.39, 0.29) is 42.0 Å². The zero-order valence-electron chi connectivity index (χ0n) is 39.4. The molecule has 4 saturated heterocycles. The molecule has 4 aromatic carbocycles. The Morgan fingerprint density at radius 3 is 1.52 bits per heavy atom. The van der Waals surface area contributed by atoms with E-state index in [1.54, 1.807) is 9.80 Å². The van der Waals surface area contributed by atoms with Crippen LogP contribution in [0.4, 0.5) is 29.7 Å². The molecule has 2 amide bonds. The van der Waals surface area contributed by atoms with Gasteiger partial charge in [-0.3, -0.25) is 9.80 Å². The van der Waals surface area contributed by atoms with Crippen molar-refractivity contribution in [3.05, 3.63) is 119 Å². The van der Waals surface area contributed by atoms with Crippen LogP contribution in [0.2, 0.25) is 0 Å². The Morgan fingerprint density at radius 2 is 1.06 bits per heavy atom. The van der Waals surface area contributed by atoms with Crippen molar-refractivity contribution in [1.29, 1.82) is 0 Å². The highest BCUT2D eigenvalue weighted by Gasteiger charge is 2.40. The first-order chi connectivity index (χ1) is 32.1. The Hall–Kier alpha value is -6.18. The normalized spacial score (nSPS) is 21.9. The van der Waals surface area contributed by atoms with Gasteiger partial charge < -0.3 is 29.2 Å². The van der Waals surface area contributed by atoms with Gasteiger partial charge in [-0.25, -0.2) is 28.3 Å². The van der Waals surface area contributed by atoms with Crippen molar-refractivity contribution in [2.45, 2.75) is 134 Å². The van der Waals surface area contributed by atoms with E-state index in [1.807, 2.05) is 76.8 Å². The van der Waals surface area contributed by atoms with Crippen LogP contribution in [-0.4, -0.2) is 79.3 Å². The fraction of sp³-hybridized carbons (Fsp3) is 0.472. The highest BCUT2D eigenvalue weighted by molar-refractivity contribution is 5.79. The third-order valence-electron chi connectivity index (χ3n) is 14.0. The number of carbonyl (C=O) groups excluding carboxylic acids is 2. The fourth-order valence-corrected chi connectivity index (χ4v) is 11.0. The topological polar surface area (TPSA) is 123 Å². The average molecular weight is 913 g/mol. The van der Waals surface area contributed by atoms with E-state index in [0.29, 0.717) is 49.4 Å². The molecule has 2 N–H and O–H groups in total. The molecule has 0 radical (unpaired) electrons. The maximum Gasteiger partial charge on any atom is 0.410 e. The number of amides is 2. The predicted octanol–water partition coefficient (Wildman–Crippen LogP) is 12.3. The van der Waals surface area contributed by atoms with E-state index in [1.165, 1.54) is 17.7 Å². The number of H-pyrrole nitrogens is 2. The minimum atomic E-state index is -0.614. The highest BCUT2D eigenvalue weighted by atomic mass is 19.1. The summed E-state index contributed by atoms with van der Waals surface area (Å²) in [6, 6.07) is 24.8. The van der Waals surface area contributed by atoms with Crippen molar-refractivity contribution in [3.8, 4) is 0 Å². The molecule has 4 aliphatic rings. The number of nitrogens with zero attached hydrogens (tertiary/aromatic N) is 6. The van der Waals surface area contributed by atoms with E-state index in [0.717, 1.165) is 84.6 Å². The molecule has 4 aliphatic heterocycles. The molecule has 6 heterocycles. The number of aromatic nitrogens is 4. The van der Waals surface area contributed by atoms with Crippen LogP contribution in [-0.2, 0) is 9.47 Å². The van der Waals surface area contributed by atoms with Crippen LogP contribution in [0, 0.1) is 11.6 Å². The van der Waals surface area contributed by atoms with Crippen LogP contribution in [0.5, 0.6) is 0 Å². The number of fused-ring (bicyclic) bond motifs is 2. The number of imidazole rings is 2. The number of likely N-dealkylation sites (tertiary alicyclic amines) is 2. The molecule has 0 spiro atoms. The number of anilines is 2. The molecule has 6 aromatic rings. The summed E-state index contributed by atoms with van der Waals surface area (Å²) < 4.78 is 44.9. The Kier molecular flexibility index (Phi) is 11.6. The fourth-order valence-electron chi connectivity index (χ4n) is 11.0. The lowest BCUT2D eigenvalue weighted by molar-refractivity contribution is 0.0208. The van der Waals surface area contributed by atoms with Gasteiger partial charge in [0.1, 0.15) is 28.5 Å². The van der Waals surface area contributed by atoms with Crippen molar-refractivity contribution in [1.82, 2.24) is 29.7 Å². The first-order valence-electron chi connectivity index (χ1n) is 24.1. The Balaban J connectivity index is 0.973. The molecule has 3 unspecified atom stereocenters. The number of nitrogens with one attached hydrogen (secondary N) is 2. The van der Waals surface area contributed by atoms with Gasteiger partial charge in [0, 0.05) is 31.9 Å². The maximum atomic E-state index is 16.7. The quantitative estimate of drug-likeness (QED) is 0.162. The SMILES string of the molecule is CC(C)(C)OC(=O)N1CCCC1c1nc2ccc(C3CCC(c4ccc5nc([C@@H]6CCCN6C(=O)OC(C)(C)C)[nH]c5c4)N3c3cc(F)c(N4CCC(c5ccccc5)CC4)c(F)c3)cc2[nH]1. The van der Waals surface area contributed by atoms with Crippen LogP contribution in [0.15, 0.2) is 78.9 Å². The summed E-state index contributed by atoms with van der Waals surface area (Å²) >= 11 is 0. The van der Waals surface area contributed by atoms with Crippen molar-refractivity contribution in [2.75, 3.05) is 36.0 Å². The highest BCUT2D eigenvalue weighted by Crippen LogP contribution is 2.49. The van der Waals surface area contributed by atoms with E-state index < -0.39 is 22.8 Å². The Bertz CT molecular complexity index is 2630. The largest absolute Gasteiger partial charge is 0.444 e. The van der Waals surface area contributed by atoms with Crippen molar-refractivity contribution >= 4 is 45.6 Å². The van der Waals surface area contributed by atoms with Crippen molar-refractivity contribution < 1.29 is 27.8 Å². The van der Waals surface area contributed by atoms with Gasteiger partial charge in [-0.2, -0.15) is 0 Å². The number of halogens is 2. The maximum absolute atomic E-state index is 16.7. The molecular formula is C53H62F2N8O4. The molecule has 4 atom stereocenters. The smallest absolute Gasteiger partial charge is 0.410 e. The summed E-state index contributed by atoms with van der Waals surface area (Å²) in [5.74, 6) is 0.630. The van der Waals surface area contributed by atoms with Crippen LogP contribution in [0.3, 0.4) is 0 Å². The van der Waals surface area contributed by atoms with Crippen molar-refractivity contribution in [2.24, 2.45) is 0 Å². The minimum Gasteiger partial charge on any atom is -0.444 e. The third-order valence-corrected chi connectivity index (χ3v) is 14.0. The molecule has 0 aliphatic carbocycles. The second-order valence-corrected chi connectivity index (χ2v) is 20.9. The third kappa shape index (κ3) is 9.03. The van der Waals surface area contributed by atoms with Gasteiger partial charge in [-0.1, -0.05) is 42.5 Å². The molecule has 10 rings (SSSR count). The number of rotatable bonds is 7. The zero-order valence-corrected chi connectivity index (χ0v) is 39.4. The lowest BCUT2D eigenvalue weighted by Crippen LogP contribution is -2.36. The lowest BCUT2D eigenvalue weighted by Gasteiger charge is -2.36. The Labute approximate surface area is 391 Å². The number of benzene rings is 4. The number of ether oxygens (including phenoxy) is 2.